The number of hydrogen-bond acceptors (Lipinski definition) is 6. The number of ether oxygens (including phenoxy) is 1. The van der Waals surface area contributed by atoms with Crippen molar-refractivity contribution in [2.24, 2.45) is 5.92 Å². The summed E-state index contributed by atoms with van der Waals surface area (Å²) in [5.74, 6) is 0.261. The Morgan fingerprint density at radius 3 is 2.68 bits per heavy atom. The predicted molar refractivity (Wildman–Crippen MR) is 129 cm³/mol. The highest BCUT2D eigenvalue weighted by molar-refractivity contribution is 7.89. The van der Waals surface area contributed by atoms with Crippen LogP contribution in [0.25, 0.3) is 11.0 Å². The molecular formula is C24H31N5O4S. The maximum Gasteiger partial charge on any atom is 0.243 e. The van der Waals surface area contributed by atoms with Crippen LogP contribution < -0.4 is 10.1 Å². The van der Waals surface area contributed by atoms with Crippen LogP contribution in [-0.2, 0) is 21.4 Å². The van der Waals surface area contributed by atoms with Gasteiger partial charge in [0.2, 0.25) is 15.9 Å². The van der Waals surface area contributed by atoms with Gasteiger partial charge in [-0.25, -0.2) is 13.1 Å². The Morgan fingerprint density at radius 1 is 1.21 bits per heavy atom. The first kappa shape index (κ1) is 24.2. The monoisotopic (exact) mass is 485 g/mol. The summed E-state index contributed by atoms with van der Waals surface area (Å²) in [5.41, 5.74) is 2.29. The Kier molecular flexibility index (Phi) is 7.18. The topological polar surface area (TPSA) is 106 Å². The van der Waals surface area contributed by atoms with Crippen LogP contribution in [0.2, 0.25) is 0 Å². The molecule has 0 radical (unpaired) electrons. The summed E-state index contributed by atoms with van der Waals surface area (Å²) in [6.45, 7) is 7.45. The van der Waals surface area contributed by atoms with Crippen molar-refractivity contribution in [3.63, 3.8) is 0 Å². The molecule has 4 rings (SSSR count). The number of nitrogens with zero attached hydrogens (tertiary/aromatic N) is 4. The van der Waals surface area contributed by atoms with E-state index in [1.807, 2.05) is 45.0 Å². The van der Waals surface area contributed by atoms with E-state index in [2.05, 4.69) is 15.6 Å². The Morgan fingerprint density at radius 2 is 1.97 bits per heavy atom. The molecule has 1 N–H and O–H groups in total. The fraction of sp³-hybridized carbons (Fsp3) is 0.458. The SMILES string of the molecule is CCOc1ccc(CNC(=O)C2CCCN(S(=O)(=O)c3ccc4c(c3)nnn4C(C)C)C2)cc1. The quantitative estimate of drug-likeness (QED) is 0.525. The first-order chi connectivity index (χ1) is 16.3. The van der Waals surface area contributed by atoms with Crippen molar-refractivity contribution in [1.29, 1.82) is 0 Å². The van der Waals surface area contributed by atoms with Crippen molar-refractivity contribution in [1.82, 2.24) is 24.6 Å². The maximum atomic E-state index is 13.3. The summed E-state index contributed by atoms with van der Waals surface area (Å²) in [7, 11) is -3.75. The number of fused-ring (bicyclic) bond motifs is 1. The van der Waals surface area contributed by atoms with Gasteiger partial charge in [-0.15, -0.1) is 5.10 Å². The number of sulfonamides is 1. The van der Waals surface area contributed by atoms with Gasteiger partial charge >= 0.3 is 0 Å². The molecule has 9 nitrogen and oxygen atoms in total. The molecule has 0 bridgehead atoms. The van der Waals surface area contributed by atoms with Crippen LogP contribution in [0, 0.1) is 5.92 Å². The molecule has 1 saturated heterocycles. The Labute approximate surface area is 200 Å². The number of aromatic nitrogens is 3. The number of rotatable bonds is 8. The van der Waals surface area contributed by atoms with E-state index in [0.29, 0.717) is 38.1 Å². The van der Waals surface area contributed by atoms with Crippen LogP contribution in [0.3, 0.4) is 0 Å². The van der Waals surface area contributed by atoms with E-state index >= 15 is 0 Å². The Balaban J connectivity index is 1.42. The second-order valence-electron chi connectivity index (χ2n) is 8.78. The van der Waals surface area contributed by atoms with Gasteiger partial charge in [-0.1, -0.05) is 17.3 Å². The summed E-state index contributed by atoms with van der Waals surface area (Å²) in [5, 5.41) is 11.2. The number of carbonyl (C=O) groups excluding carboxylic acids is 1. The van der Waals surface area contributed by atoms with E-state index in [9.17, 15) is 13.2 Å². The van der Waals surface area contributed by atoms with Crippen molar-refractivity contribution in [2.45, 2.75) is 51.1 Å². The van der Waals surface area contributed by atoms with Crippen LogP contribution in [0.4, 0.5) is 0 Å². The van der Waals surface area contributed by atoms with E-state index in [4.69, 9.17) is 4.74 Å². The number of piperidine rings is 1. The molecule has 1 unspecified atom stereocenters. The van der Waals surface area contributed by atoms with Gasteiger partial charge in [-0.05, 0) is 69.5 Å². The highest BCUT2D eigenvalue weighted by Crippen LogP contribution is 2.26. The number of nitrogens with one attached hydrogen (secondary N) is 1. The number of carbonyl (C=O) groups is 1. The minimum atomic E-state index is -3.75. The fourth-order valence-electron chi connectivity index (χ4n) is 4.19. The molecule has 2 aromatic carbocycles. The van der Waals surface area contributed by atoms with Crippen LogP contribution >= 0.6 is 0 Å². The van der Waals surface area contributed by atoms with Crippen LogP contribution in [0.5, 0.6) is 5.75 Å². The lowest BCUT2D eigenvalue weighted by atomic mass is 9.99. The van der Waals surface area contributed by atoms with Gasteiger partial charge in [0.25, 0.3) is 0 Å². The van der Waals surface area contributed by atoms with Crippen LogP contribution in [0.15, 0.2) is 47.4 Å². The highest BCUT2D eigenvalue weighted by Gasteiger charge is 2.33. The third kappa shape index (κ3) is 5.07. The number of benzene rings is 2. The van der Waals surface area contributed by atoms with Crippen LogP contribution in [0.1, 0.15) is 45.2 Å². The minimum Gasteiger partial charge on any atom is -0.494 e. The third-order valence-corrected chi connectivity index (χ3v) is 7.89. The van der Waals surface area contributed by atoms with Gasteiger partial charge in [0.05, 0.1) is 22.9 Å². The smallest absolute Gasteiger partial charge is 0.243 e. The summed E-state index contributed by atoms with van der Waals surface area (Å²) in [4.78, 5) is 13.0. The lowest BCUT2D eigenvalue weighted by Gasteiger charge is -2.31. The molecule has 182 valence electrons. The average Bonchev–Trinajstić information content (AvgIpc) is 3.27. The first-order valence-electron chi connectivity index (χ1n) is 11.6. The van der Waals surface area contributed by atoms with Gasteiger partial charge in [-0.2, -0.15) is 4.31 Å². The third-order valence-electron chi connectivity index (χ3n) is 6.03. The van der Waals surface area contributed by atoms with E-state index in [1.165, 1.54) is 4.31 Å². The van der Waals surface area contributed by atoms with Gasteiger partial charge in [-0.3, -0.25) is 4.79 Å². The summed E-state index contributed by atoms with van der Waals surface area (Å²) in [6.07, 6.45) is 1.29. The van der Waals surface area contributed by atoms with Gasteiger partial charge in [0.15, 0.2) is 0 Å². The van der Waals surface area contributed by atoms with Crippen molar-refractivity contribution in [2.75, 3.05) is 19.7 Å². The zero-order chi connectivity index (χ0) is 24.3. The lowest BCUT2D eigenvalue weighted by molar-refractivity contribution is -0.126. The standard InChI is InChI=1S/C24H31N5O4S/c1-4-33-20-9-7-18(8-10-20)15-25-24(30)19-6-5-13-28(16-19)34(31,32)21-11-12-23-22(14-21)26-27-29(23)17(2)3/h7-12,14,17,19H,4-6,13,15-16H2,1-3H3,(H,25,30). The molecular weight excluding hydrogens is 454 g/mol. The van der Waals surface area contributed by atoms with E-state index in [-0.39, 0.29) is 23.4 Å². The molecule has 1 amide bonds. The molecule has 0 saturated carbocycles. The van der Waals surface area contributed by atoms with Crippen molar-refractivity contribution < 1.29 is 17.9 Å². The molecule has 3 aromatic rings. The molecule has 1 aliphatic rings. The van der Waals surface area contributed by atoms with Crippen molar-refractivity contribution >= 4 is 27.0 Å². The molecule has 34 heavy (non-hydrogen) atoms. The molecule has 1 aliphatic heterocycles. The second kappa shape index (κ2) is 10.1. The Bertz CT molecular complexity index is 1250. The van der Waals surface area contributed by atoms with Gasteiger partial charge in [0.1, 0.15) is 11.3 Å². The van der Waals surface area contributed by atoms with E-state index < -0.39 is 15.9 Å². The summed E-state index contributed by atoms with van der Waals surface area (Å²) in [6, 6.07) is 12.6. The molecule has 2 heterocycles. The van der Waals surface area contributed by atoms with E-state index in [0.717, 1.165) is 16.8 Å². The normalized spacial score (nSPS) is 17.2. The Hall–Kier alpha value is -2.98. The largest absolute Gasteiger partial charge is 0.494 e. The predicted octanol–water partition coefficient (Wildman–Crippen LogP) is 3.13. The molecule has 10 heteroatoms. The minimum absolute atomic E-state index is 0.122. The van der Waals surface area contributed by atoms with Crippen molar-refractivity contribution in [3.8, 4) is 5.75 Å². The molecule has 1 aromatic heterocycles. The molecule has 1 atom stereocenters. The zero-order valence-electron chi connectivity index (χ0n) is 19.8. The molecule has 0 spiro atoms. The summed E-state index contributed by atoms with van der Waals surface area (Å²) < 4.78 is 35.3. The first-order valence-corrected chi connectivity index (χ1v) is 13.1. The van der Waals surface area contributed by atoms with Gasteiger partial charge < -0.3 is 10.1 Å². The van der Waals surface area contributed by atoms with E-state index in [1.54, 1.807) is 22.9 Å². The zero-order valence-corrected chi connectivity index (χ0v) is 20.6. The van der Waals surface area contributed by atoms with Gasteiger partial charge in [0, 0.05) is 25.7 Å². The summed E-state index contributed by atoms with van der Waals surface area (Å²) >= 11 is 0. The number of amides is 1. The fourth-order valence-corrected chi connectivity index (χ4v) is 5.74. The molecule has 1 fully saturated rings. The lowest BCUT2D eigenvalue weighted by Crippen LogP contribution is -2.45. The average molecular weight is 486 g/mol. The number of hydrogen-bond donors (Lipinski definition) is 1. The molecule has 0 aliphatic carbocycles. The van der Waals surface area contributed by atoms with Crippen LogP contribution in [-0.4, -0.2) is 53.3 Å². The highest BCUT2D eigenvalue weighted by atomic mass is 32.2. The second-order valence-corrected chi connectivity index (χ2v) is 10.7. The maximum absolute atomic E-state index is 13.3. The van der Waals surface area contributed by atoms with Crippen molar-refractivity contribution in [3.05, 3.63) is 48.0 Å².